The van der Waals surface area contributed by atoms with E-state index >= 15 is 0 Å². The summed E-state index contributed by atoms with van der Waals surface area (Å²) in [7, 11) is 0. The van der Waals surface area contributed by atoms with Gasteiger partial charge in [0, 0.05) is 5.69 Å². The maximum atomic E-state index is 12.2. The van der Waals surface area contributed by atoms with Crippen molar-refractivity contribution in [1.29, 1.82) is 0 Å². The Balaban J connectivity index is 1.62. The Labute approximate surface area is 156 Å². The van der Waals surface area contributed by atoms with Gasteiger partial charge in [0.15, 0.2) is 0 Å². The van der Waals surface area contributed by atoms with Crippen LogP contribution in [0.5, 0.6) is 0 Å². The van der Waals surface area contributed by atoms with E-state index in [1.54, 1.807) is 6.07 Å². The number of benzene rings is 2. The van der Waals surface area contributed by atoms with E-state index < -0.39 is 0 Å². The molecule has 0 bridgehead atoms. The van der Waals surface area contributed by atoms with Gasteiger partial charge in [-0.25, -0.2) is 4.98 Å². The predicted molar refractivity (Wildman–Crippen MR) is 108 cm³/mol. The lowest BCUT2D eigenvalue weighted by Gasteiger charge is -2.11. The smallest absolute Gasteiger partial charge is 0.258 e. The van der Waals surface area contributed by atoms with Crippen LogP contribution in [-0.4, -0.2) is 21.6 Å². The number of carbonyl (C=O) groups is 1. The first kappa shape index (κ1) is 18.2. The van der Waals surface area contributed by atoms with Gasteiger partial charge in [0.2, 0.25) is 5.91 Å². The Morgan fingerprint density at radius 3 is 2.65 bits per heavy atom. The van der Waals surface area contributed by atoms with Gasteiger partial charge >= 0.3 is 0 Å². The molecule has 0 aliphatic heterocycles. The Morgan fingerprint density at radius 2 is 1.92 bits per heavy atom. The maximum absolute atomic E-state index is 12.2. The number of thioether (sulfide) groups is 1. The molecule has 6 heteroatoms. The molecule has 0 radical (unpaired) electrons. The molecule has 1 heterocycles. The van der Waals surface area contributed by atoms with Crippen molar-refractivity contribution in [2.45, 2.75) is 25.5 Å². The highest BCUT2D eigenvalue weighted by Gasteiger charge is 2.13. The van der Waals surface area contributed by atoms with Crippen molar-refractivity contribution >= 4 is 34.3 Å². The van der Waals surface area contributed by atoms with Gasteiger partial charge in [0.25, 0.3) is 5.56 Å². The van der Waals surface area contributed by atoms with Crippen molar-refractivity contribution in [3.63, 3.8) is 0 Å². The number of aromatic nitrogens is 2. The number of H-pyrrole nitrogens is 1. The van der Waals surface area contributed by atoms with Crippen LogP contribution < -0.4 is 10.9 Å². The summed E-state index contributed by atoms with van der Waals surface area (Å²) in [6.45, 7) is 4.03. The molecule has 1 amide bonds. The molecule has 2 aromatic carbocycles. The first-order valence-corrected chi connectivity index (χ1v) is 9.61. The predicted octanol–water partition coefficient (Wildman–Crippen LogP) is 3.92. The van der Waals surface area contributed by atoms with E-state index in [1.807, 2.05) is 49.4 Å². The van der Waals surface area contributed by atoms with Crippen molar-refractivity contribution in [2.24, 2.45) is 0 Å². The molecule has 0 unspecified atom stereocenters. The number of aromatic amines is 1. The van der Waals surface area contributed by atoms with Crippen molar-refractivity contribution < 1.29 is 4.79 Å². The molecule has 0 saturated carbocycles. The Kier molecular flexibility index (Phi) is 5.73. The minimum absolute atomic E-state index is 0.0748. The first-order valence-electron chi connectivity index (χ1n) is 8.56. The molecule has 2 N–H and O–H groups in total. The van der Waals surface area contributed by atoms with Crippen molar-refractivity contribution in [3.05, 3.63) is 70.3 Å². The lowest BCUT2D eigenvalue weighted by atomic mass is 10.1. The highest BCUT2D eigenvalue weighted by atomic mass is 32.2. The minimum atomic E-state index is -0.154. The fourth-order valence-electron chi connectivity index (χ4n) is 2.60. The summed E-state index contributed by atoms with van der Waals surface area (Å²) in [6.07, 6.45) is 0.971. The monoisotopic (exact) mass is 367 g/mol. The molecule has 0 aliphatic carbocycles. The van der Waals surface area contributed by atoms with Gasteiger partial charge in [0.05, 0.1) is 21.9 Å². The molecule has 5 nitrogen and oxygen atoms in total. The van der Waals surface area contributed by atoms with E-state index in [0.717, 1.165) is 12.1 Å². The molecule has 1 aromatic heterocycles. The van der Waals surface area contributed by atoms with Crippen molar-refractivity contribution in [2.75, 3.05) is 11.1 Å². The Hall–Kier alpha value is -2.60. The summed E-state index contributed by atoms with van der Waals surface area (Å²) in [4.78, 5) is 31.6. The van der Waals surface area contributed by atoms with Gasteiger partial charge in [-0.05, 0) is 43.2 Å². The highest BCUT2D eigenvalue weighted by molar-refractivity contribution is 8.00. The number of aryl methyl sites for hydroxylation is 1. The SMILES string of the molecule is CCc1ccc(NC(=O)CS[C@@H](C)c2nc3ccccc3c(=O)[nH]2)cc1. The molecular formula is C20H21N3O2S. The van der Waals surface area contributed by atoms with E-state index in [1.165, 1.54) is 17.3 Å². The molecule has 3 aromatic rings. The van der Waals surface area contributed by atoms with Crippen LogP contribution in [0.25, 0.3) is 10.9 Å². The second kappa shape index (κ2) is 8.19. The molecule has 3 rings (SSSR count). The van der Waals surface area contributed by atoms with Crippen LogP contribution in [-0.2, 0) is 11.2 Å². The zero-order valence-electron chi connectivity index (χ0n) is 14.8. The second-order valence-corrected chi connectivity index (χ2v) is 7.35. The fraction of sp³-hybridized carbons (Fsp3) is 0.250. The van der Waals surface area contributed by atoms with E-state index in [9.17, 15) is 9.59 Å². The lowest BCUT2D eigenvalue weighted by Crippen LogP contribution is -2.16. The third-order valence-electron chi connectivity index (χ3n) is 4.13. The molecule has 134 valence electrons. The van der Waals surface area contributed by atoms with Crippen molar-refractivity contribution in [3.8, 4) is 0 Å². The van der Waals surface area contributed by atoms with Crippen LogP contribution in [0.15, 0.2) is 53.3 Å². The molecule has 0 saturated heterocycles. The summed E-state index contributed by atoms with van der Waals surface area (Å²) in [5.74, 6) is 0.792. The topological polar surface area (TPSA) is 74.8 Å². The Morgan fingerprint density at radius 1 is 1.19 bits per heavy atom. The molecule has 0 fully saturated rings. The van der Waals surface area contributed by atoms with Crippen LogP contribution in [0.2, 0.25) is 0 Å². The van der Waals surface area contributed by atoms with Gasteiger partial charge < -0.3 is 10.3 Å². The zero-order chi connectivity index (χ0) is 18.5. The minimum Gasteiger partial charge on any atom is -0.325 e. The number of rotatable bonds is 6. The normalized spacial score (nSPS) is 12.1. The van der Waals surface area contributed by atoms with Gasteiger partial charge in [-0.3, -0.25) is 9.59 Å². The third kappa shape index (κ3) is 4.32. The van der Waals surface area contributed by atoms with Gasteiger partial charge in [-0.2, -0.15) is 0 Å². The van der Waals surface area contributed by atoms with E-state index in [2.05, 4.69) is 22.2 Å². The number of para-hydroxylation sites is 1. The number of amides is 1. The zero-order valence-corrected chi connectivity index (χ0v) is 15.6. The quantitative estimate of drug-likeness (QED) is 0.692. The molecule has 0 aliphatic rings. The fourth-order valence-corrected chi connectivity index (χ4v) is 3.34. The van der Waals surface area contributed by atoms with Gasteiger partial charge in [0.1, 0.15) is 5.82 Å². The first-order chi connectivity index (χ1) is 12.6. The number of hydrogen-bond acceptors (Lipinski definition) is 4. The lowest BCUT2D eigenvalue weighted by molar-refractivity contribution is -0.113. The summed E-state index contributed by atoms with van der Waals surface area (Å²) in [5.41, 5.74) is 2.53. The number of nitrogens with one attached hydrogen (secondary N) is 2. The average Bonchev–Trinajstić information content (AvgIpc) is 2.66. The van der Waals surface area contributed by atoms with Crippen LogP contribution in [0.1, 0.15) is 30.5 Å². The summed E-state index contributed by atoms with van der Waals surface area (Å²) in [6, 6.07) is 15.1. The number of anilines is 1. The number of carbonyl (C=O) groups excluding carboxylic acids is 1. The largest absolute Gasteiger partial charge is 0.325 e. The van der Waals surface area contributed by atoms with Crippen LogP contribution in [0.3, 0.4) is 0 Å². The maximum Gasteiger partial charge on any atom is 0.258 e. The standard InChI is InChI=1S/C20H21N3O2S/c1-3-14-8-10-15(11-9-14)21-18(24)12-26-13(2)19-22-17-7-5-4-6-16(17)20(25)23-19/h4-11,13H,3,12H2,1-2H3,(H,21,24)(H,22,23,25)/t13-/m0/s1. The van der Waals surface area contributed by atoms with Crippen molar-refractivity contribution in [1.82, 2.24) is 9.97 Å². The van der Waals surface area contributed by atoms with Crippen LogP contribution in [0, 0.1) is 0 Å². The van der Waals surface area contributed by atoms with Gasteiger partial charge in [-0.1, -0.05) is 31.2 Å². The third-order valence-corrected chi connectivity index (χ3v) is 5.28. The van der Waals surface area contributed by atoms with E-state index in [0.29, 0.717) is 16.7 Å². The van der Waals surface area contributed by atoms with Crippen LogP contribution in [0.4, 0.5) is 5.69 Å². The molecule has 26 heavy (non-hydrogen) atoms. The summed E-state index contributed by atoms with van der Waals surface area (Å²) < 4.78 is 0. The summed E-state index contributed by atoms with van der Waals surface area (Å²) in [5, 5.41) is 3.36. The molecule has 1 atom stereocenters. The van der Waals surface area contributed by atoms with Crippen LogP contribution >= 0.6 is 11.8 Å². The van der Waals surface area contributed by atoms with E-state index in [4.69, 9.17) is 0 Å². The second-order valence-electron chi connectivity index (χ2n) is 6.02. The number of hydrogen-bond donors (Lipinski definition) is 2. The summed E-state index contributed by atoms with van der Waals surface area (Å²) >= 11 is 1.44. The number of fused-ring (bicyclic) bond motifs is 1. The highest BCUT2D eigenvalue weighted by Crippen LogP contribution is 2.25. The number of nitrogens with zero attached hydrogens (tertiary/aromatic N) is 1. The Bertz CT molecular complexity index is 967. The average molecular weight is 367 g/mol. The molecular weight excluding hydrogens is 346 g/mol. The molecule has 0 spiro atoms. The van der Waals surface area contributed by atoms with Gasteiger partial charge in [-0.15, -0.1) is 11.8 Å². The van der Waals surface area contributed by atoms with E-state index in [-0.39, 0.29) is 22.5 Å².